The molecule has 0 aliphatic heterocycles. The maximum absolute atomic E-state index is 10.7. The molecule has 18 heavy (non-hydrogen) atoms. The Morgan fingerprint density at radius 2 is 2.22 bits per heavy atom. The number of hydrogen-bond donors (Lipinski definition) is 1. The van der Waals surface area contributed by atoms with E-state index in [1.165, 1.54) is 12.1 Å². The van der Waals surface area contributed by atoms with E-state index in [0.717, 1.165) is 16.9 Å². The van der Waals surface area contributed by atoms with Gasteiger partial charge in [-0.2, -0.15) is 10.2 Å². The van der Waals surface area contributed by atoms with Crippen LogP contribution in [0.3, 0.4) is 0 Å². The molecule has 2 rings (SSSR count). The third kappa shape index (κ3) is 2.79. The Kier molecular flexibility index (Phi) is 3.47. The molecule has 2 aromatic rings. The lowest BCUT2D eigenvalue weighted by Gasteiger charge is -2.08. The average Bonchev–Trinajstić information content (AvgIpc) is 2.38. The van der Waals surface area contributed by atoms with Crippen LogP contribution in [0, 0.1) is 17.0 Å². The normalized spacial score (nSPS) is 10.1. The van der Waals surface area contributed by atoms with Gasteiger partial charge in [0.05, 0.1) is 17.2 Å². The molecule has 0 aliphatic rings. The molecule has 6 heteroatoms. The standard InChI is InChI=1S/C12H12N4O2/c1-9-4-5-11(16(17)18)7-12(9)13-8-10-3-2-6-14-15-10/h2-7,13H,8H2,1H3. The second kappa shape index (κ2) is 5.22. The number of aryl methyl sites for hydroxylation is 1. The summed E-state index contributed by atoms with van der Waals surface area (Å²) in [6.07, 6.45) is 1.60. The maximum atomic E-state index is 10.7. The predicted octanol–water partition coefficient (Wildman–Crippen LogP) is 2.31. The van der Waals surface area contributed by atoms with Gasteiger partial charge in [-0.25, -0.2) is 0 Å². The topological polar surface area (TPSA) is 81.0 Å². The van der Waals surface area contributed by atoms with Crippen molar-refractivity contribution in [2.75, 3.05) is 5.32 Å². The van der Waals surface area contributed by atoms with E-state index in [-0.39, 0.29) is 5.69 Å². The number of anilines is 1. The summed E-state index contributed by atoms with van der Waals surface area (Å²) in [5.74, 6) is 0. The van der Waals surface area contributed by atoms with Gasteiger partial charge in [-0.1, -0.05) is 6.07 Å². The highest BCUT2D eigenvalue weighted by molar-refractivity contribution is 5.56. The fourth-order valence-corrected chi connectivity index (χ4v) is 1.53. The molecule has 1 heterocycles. The zero-order valence-electron chi connectivity index (χ0n) is 9.83. The highest BCUT2D eigenvalue weighted by Crippen LogP contribution is 2.22. The van der Waals surface area contributed by atoms with Crippen LogP contribution >= 0.6 is 0 Å². The first-order valence-electron chi connectivity index (χ1n) is 5.42. The molecular formula is C12H12N4O2. The van der Waals surface area contributed by atoms with Crippen LogP contribution in [-0.4, -0.2) is 15.1 Å². The van der Waals surface area contributed by atoms with Crippen LogP contribution in [0.25, 0.3) is 0 Å². The molecule has 0 amide bonds. The van der Waals surface area contributed by atoms with Crippen molar-refractivity contribution in [2.24, 2.45) is 0 Å². The quantitative estimate of drug-likeness (QED) is 0.659. The average molecular weight is 244 g/mol. The number of nitrogens with one attached hydrogen (secondary N) is 1. The van der Waals surface area contributed by atoms with E-state index in [9.17, 15) is 10.1 Å². The lowest BCUT2D eigenvalue weighted by Crippen LogP contribution is -2.04. The number of nitro benzene ring substituents is 1. The van der Waals surface area contributed by atoms with Gasteiger partial charge in [0.2, 0.25) is 0 Å². The summed E-state index contributed by atoms with van der Waals surface area (Å²) in [4.78, 5) is 10.3. The minimum Gasteiger partial charge on any atom is -0.379 e. The molecular weight excluding hydrogens is 232 g/mol. The van der Waals surface area contributed by atoms with E-state index < -0.39 is 4.92 Å². The summed E-state index contributed by atoms with van der Waals surface area (Å²) in [7, 11) is 0. The highest BCUT2D eigenvalue weighted by Gasteiger charge is 2.08. The fraction of sp³-hybridized carbons (Fsp3) is 0.167. The van der Waals surface area contributed by atoms with Crippen molar-refractivity contribution in [2.45, 2.75) is 13.5 Å². The number of nitrogens with zero attached hydrogens (tertiary/aromatic N) is 3. The molecule has 0 bridgehead atoms. The van der Waals surface area contributed by atoms with E-state index >= 15 is 0 Å². The van der Waals surface area contributed by atoms with E-state index in [1.54, 1.807) is 18.3 Å². The second-order valence-electron chi connectivity index (χ2n) is 3.82. The van der Waals surface area contributed by atoms with Crippen molar-refractivity contribution in [1.29, 1.82) is 0 Å². The number of non-ortho nitro benzene ring substituents is 1. The summed E-state index contributed by atoms with van der Waals surface area (Å²) < 4.78 is 0. The zero-order valence-corrected chi connectivity index (χ0v) is 9.83. The van der Waals surface area contributed by atoms with E-state index in [4.69, 9.17) is 0 Å². The Hall–Kier alpha value is -2.50. The Labute approximate surface area is 104 Å². The number of rotatable bonds is 4. The van der Waals surface area contributed by atoms with Crippen molar-refractivity contribution in [3.63, 3.8) is 0 Å². The van der Waals surface area contributed by atoms with Crippen LogP contribution in [0.1, 0.15) is 11.3 Å². The SMILES string of the molecule is Cc1ccc([N+](=O)[O-])cc1NCc1cccnn1. The molecule has 0 fully saturated rings. The van der Waals surface area contributed by atoms with Crippen LogP contribution in [0.4, 0.5) is 11.4 Å². The molecule has 92 valence electrons. The molecule has 0 atom stereocenters. The lowest BCUT2D eigenvalue weighted by molar-refractivity contribution is -0.384. The highest BCUT2D eigenvalue weighted by atomic mass is 16.6. The van der Waals surface area contributed by atoms with Crippen LogP contribution in [0.2, 0.25) is 0 Å². The third-order valence-electron chi connectivity index (χ3n) is 2.52. The van der Waals surface area contributed by atoms with Gasteiger partial charge in [-0.15, -0.1) is 0 Å². The maximum Gasteiger partial charge on any atom is 0.271 e. The van der Waals surface area contributed by atoms with Crippen LogP contribution in [-0.2, 0) is 6.54 Å². The van der Waals surface area contributed by atoms with Crippen LogP contribution in [0.15, 0.2) is 36.5 Å². The summed E-state index contributed by atoms with van der Waals surface area (Å²) >= 11 is 0. The van der Waals surface area contributed by atoms with Crippen molar-refractivity contribution >= 4 is 11.4 Å². The van der Waals surface area contributed by atoms with Gasteiger partial charge in [-0.05, 0) is 24.6 Å². The summed E-state index contributed by atoms with van der Waals surface area (Å²) in [6, 6.07) is 8.36. The minimum absolute atomic E-state index is 0.0715. The first kappa shape index (κ1) is 12.0. The monoisotopic (exact) mass is 244 g/mol. The van der Waals surface area contributed by atoms with Gasteiger partial charge in [-0.3, -0.25) is 10.1 Å². The van der Waals surface area contributed by atoms with Crippen LogP contribution < -0.4 is 5.32 Å². The molecule has 0 spiro atoms. The van der Waals surface area contributed by atoms with Gasteiger partial charge in [0.25, 0.3) is 5.69 Å². The van der Waals surface area contributed by atoms with Gasteiger partial charge in [0, 0.05) is 24.0 Å². The number of hydrogen-bond acceptors (Lipinski definition) is 5. The summed E-state index contributed by atoms with van der Waals surface area (Å²) in [5, 5.41) is 21.5. The third-order valence-corrected chi connectivity index (χ3v) is 2.52. The molecule has 1 aromatic carbocycles. The molecule has 6 nitrogen and oxygen atoms in total. The predicted molar refractivity (Wildman–Crippen MR) is 67.2 cm³/mol. The summed E-state index contributed by atoms with van der Waals surface area (Å²) in [6.45, 7) is 2.37. The van der Waals surface area contributed by atoms with Gasteiger partial charge in [0.1, 0.15) is 0 Å². The smallest absolute Gasteiger partial charge is 0.271 e. The molecule has 0 saturated carbocycles. The Bertz CT molecular complexity index is 557. The molecule has 1 aromatic heterocycles. The summed E-state index contributed by atoms with van der Waals surface area (Å²) in [5.41, 5.74) is 2.53. The van der Waals surface area contributed by atoms with E-state index in [1.807, 2.05) is 13.0 Å². The van der Waals surface area contributed by atoms with Gasteiger partial charge < -0.3 is 5.32 Å². The van der Waals surface area contributed by atoms with Crippen molar-refractivity contribution in [1.82, 2.24) is 10.2 Å². The first-order valence-corrected chi connectivity index (χ1v) is 5.42. The molecule has 0 radical (unpaired) electrons. The fourth-order valence-electron chi connectivity index (χ4n) is 1.53. The van der Waals surface area contributed by atoms with Crippen molar-refractivity contribution in [3.05, 3.63) is 57.9 Å². The van der Waals surface area contributed by atoms with Gasteiger partial charge >= 0.3 is 0 Å². The van der Waals surface area contributed by atoms with E-state index in [0.29, 0.717) is 6.54 Å². The zero-order chi connectivity index (χ0) is 13.0. The second-order valence-corrected chi connectivity index (χ2v) is 3.82. The van der Waals surface area contributed by atoms with Crippen LogP contribution in [0.5, 0.6) is 0 Å². The van der Waals surface area contributed by atoms with Crippen molar-refractivity contribution < 1.29 is 4.92 Å². The minimum atomic E-state index is -0.410. The molecule has 0 aliphatic carbocycles. The molecule has 0 saturated heterocycles. The number of benzene rings is 1. The lowest BCUT2D eigenvalue weighted by atomic mass is 10.2. The molecule has 0 unspecified atom stereocenters. The first-order chi connectivity index (χ1) is 8.66. The molecule has 1 N–H and O–H groups in total. The Balaban J connectivity index is 2.14. The van der Waals surface area contributed by atoms with Crippen molar-refractivity contribution in [3.8, 4) is 0 Å². The van der Waals surface area contributed by atoms with Gasteiger partial charge in [0.15, 0.2) is 0 Å². The number of nitro groups is 1. The Morgan fingerprint density at radius 3 is 2.89 bits per heavy atom. The van der Waals surface area contributed by atoms with E-state index in [2.05, 4.69) is 15.5 Å². The number of aromatic nitrogens is 2. The largest absolute Gasteiger partial charge is 0.379 e. The Morgan fingerprint density at radius 1 is 1.39 bits per heavy atom.